The third kappa shape index (κ3) is 7.07. The average Bonchev–Trinajstić information content (AvgIpc) is 3.51. The van der Waals surface area contributed by atoms with Crippen LogP contribution in [0.15, 0.2) is 36.8 Å². The Kier molecular flexibility index (Phi) is 9.36. The first kappa shape index (κ1) is 29.5. The van der Waals surface area contributed by atoms with Crippen molar-refractivity contribution in [3.05, 3.63) is 59.4 Å². The second-order valence-electron chi connectivity index (χ2n) is 11.5. The van der Waals surface area contributed by atoms with E-state index in [2.05, 4.69) is 55.4 Å². The van der Waals surface area contributed by atoms with E-state index in [1.54, 1.807) is 6.92 Å². The highest BCUT2D eigenvalue weighted by atomic mass is 16.5. The molecule has 0 bridgehead atoms. The summed E-state index contributed by atoms with van der Waals surface area (Å²) in [4.78, 5) is 24.3. The van der Waals surface area contributed by atoms with Crippen LogP contribution in [-0.4, -0.2) is 72.4 Å². The molecule has 0 radical (unpaired) electrons. The fraction of sp³-hybridized carbons (Fsp3) is 0.516. The van der Waals surface area contributed by atoms with Crippen LogP contribution in [0.4, 0.5) is 11.6 Å². The Morgan fingerprint density at radius 3 is 2.86 bits per heavy atom. The number of nitrogens with zero attached hydrogens (tertiary/aromatic N) is 7. The molecular formula is C31H44N9O2+. The minimum atomic E-state index is -0.447. The number of pyridine rings is 1. The predicted molar refractivity (Wildman–Crippen MR) is 163 cm³/mol. The van der Waals surface area contributed by atoms with Gasteiger partial charge in [0.1, 0.15) is 17.2 Å². The lowest BCUT2D eigenvalue weighted by molar-refractivity contribution is -0.894. The summed E-state index contributed by atoms with van der Waals surface area (Å²) in [6.07, 6.45) is 9.16. The zero-order valence-corrected chi connectivity index (χ0v) is 25.3. The highest BCUT2D eigenvalue weighted by molar-refractivity contribution is 5.89. The molecule has 1 atom stereocenters. The number of nitrogens with one attached hydrogen (secondary N) is 2. The SMILES string of the molecule is CC(=O)[C@H](CCN(CCCCc1ccc2c(n1)NCCC2)CCn1nc(C)cc1C)Nc1c2ccn(C)c2nc[n+]1O. The molecule has 0 spiro atoms. The van der Waals surface area contributed by atoms with E-state index in [1.807, 2.05) is 30.8 Å². The lowest BCUT2D eigenvalue weighted by atomic mass is 10.1. The first-order chi connectivity index (χ1) is 20.3. The number of ketones is 1. The van der Waals surface area contributed by atoms with Crippen LogP contribution in [-0.2, 0) is 31.2 Å². The van der Waals surface area contributed by atoms with Crippen LogP contribution in [0.2, 0.25) is 0 Å². The summed E-state index contributed by atoms with van der Waals surface area (Å²) in [6, 6.07) is 7.94. The molecule has 0 fully saturated rings. The van der Waals surface area contributed by atoms with Gasteiger partial charge >= 0.3 is 0 Å². The van der Waals surface area contributed by atoms with Gasteiger partial charge in [-0.25, -0.2) is 4.98 Å². The third-order valence-electron chi connectivity index (χ3n) is 8.19. The standard InChI is InChI=1S/C31H43N9O2/c1-22-20-23(2)39(36-22)19-18-38(15-6-5-9-26-11-10-25-8-7-14-32-29(25)34-26)17-13-28(24(3)41)35-31-27-12-16-37(4)30(27)33-21-40(31)42/h10-12,16,20-21,28,42H,5-9,13-15,17-19H2,1-4H3,(H,32,34)/p+1/t28-/m0/s1. The molecule has 224 valence electrons. The van der Waals surface area contributed by atoms with Gasteiger partial charge in [-0.1, -0.05) is 15.8 Å². The molecule has 4 aromatic rings. The monoisotopic (exact) mass is 574 g/mol. The van der Waals surface area contributed by atoms with Gasteiger partial charge in [0, 0.05) is 50.7 Å². The zero-order chi connectivity index (χ0) is 29.6. The number of hydrogen-bond donors (Lipinski definition) is 3. The number of rotatable bonds is 14. The quantitative estimate of drug-likeness (QED) is 0.119. The molecule has 42 heavy (non-hydrogen) atoms. The lowest BCUT2D eigenvalue weighted by Crippen LogP contribution is -2.41. The minimum absolute atomic E-state index is 0.0292. The van der Waals surface area contributed by atoms with Crippen LogP contribution < -0.4 is 15.4 Å². The van der Waals surface area contributed by atoms with Crippen molar-refractivity contribution in [1.29, 1.82) is 0 Å². The summed E-state index contributed by atoms with van der Waals surface area (Å²) >= 11 is 0. The van der Waals surface area contributed by atoms with Gasteiger partial charge in [0.05, 0.1) is 12.2 Å². The molecule has 0 aliphatic carbocycles. The van der Waals surface area contributed by atoms with Crippen molar-refractivity contribution in [2.24, 2.45) is 7.05 Å². The highest BCUT2D eigenvalue weighted by Crippen LogP contribution is 2.21. The van der Waals surface area contributed by atoms with Crippen molar-refractivity contribution < 1.29 is 14.7 Å². The van der Waals surface area contributed by atoms with E-state index in [0.717, 1.165) is 97.1 Å². The van der Waals surface area contributed by atoms with Crippen LogP contribution in [0, 0.1) is 13.8 Å². The summed E-state index contributed by atoms with van der Waals surface area (Å²) in [5.74, 6) is 1.56. The Morgan fingerprint density at radius 2 is 2.07 bits per heavy atom. The molecular weight excluding hydrogens is 530 g/mol. The van der Waals surface area contributed by atoms with Gasteiger partial charge in [-0.15, -0.1) is 0 Å². The molecule has 0 amide bonds. The molecule has 5 heterocycles. The number of hydrogen-bond acceptors (Lipinski definition) is 8. The van der Waals surface area contributed by atoms with E-state index in [4.69, 9.17) is 4.98 Å². The van der Waals surface area contributed by atoms with Gasteiger partial charge in [0.15, 0.2) is 5.78 Å². The van der Waals surface area contributed by atoms with Crippen LogP contribution in [0.3, 0.4) is 0 Å². The summed E-state index contributed by atoms with van der Waals surface area (Å²) < 4.78 is 4.91. The maximum atomic E-state index is 12.7. The average molecular weight is 575 g/mol. The summed E-state index contributed by atoms with van der Waals surface area (Å²) in [7, 11) is 1.91. The van der Waals surface area contributed by atoms with E-state index in [-0.39, 0.29) is 5.78 Å². The summed E-state index contributed by atoms with van der Waals surface area (Å²) in [5.41, 5.74) is 5.37. The number of aromatic nitrogens is 6. The topological polar surface area (TPSA) is 117 Å². The van der Waals surface area contributed by atoms with Crippen molar-refractivity contribution in [3.8, 4) is 0 Å². The van der Waals surface area contributed by atoms with Crippen molar-refractivity contribution in [3.63, 3.8) is 0 Å². The zero-order valence-electron chi connectivity index (χ0n) is 25.3. The number of anilines is 2. The van der Waals surface area contributed by atoms with E-state index >= 15 is 0 Å². The maximum absolute atomic E-state index is 12.7. The van der Waals surface area contributed by atoms with Crippen molar-refractivity contribution in [2.75, 3.05) is 36.8 Å². The van der Waals surface area contributed by atoms with E-state index in [1.165, 1.54) is 18.3 Å². The van der Waals surface area contributed by atoms with Crippen LogP contribution >= 0.6 is 0 Å². The first-order valence-corrected chi connectivity index (χ1v) is 15.1. The number of fused-ring (bicyclic) bond motifs is 2. The van der Waals surface area contributed by atoms with Crippen LogP contribution in [0.25, 0.3) is 11.0 Å². The fourth-order valence-electron chi connectivity index (χ4n) is 5.78. The Hall–Kier alpha value is -3.99. The Morgan fingerprint density at radius 1 is 1.21 bits per heavy atom. The number of carbonyl (C=O) groups is 1. The fourth-order valence-corrected chi connectivity index (χ4v) is 5.78. The Balaban J connectivity index is 1.22. The highest BCUT2D eigenvalue weighted by Gasteiger charge is 2.25. The lowest BCUT2D eigenvalue weighted by Gasteiger charge is -2.24. The molecule has 5 rings (SSSR count). The van der Waals surface area contributed by atoms with Gasteiger partial charge in [-0.2, -0.15) is 5.10 Å². The van der Waals surface area contributed by atoms with Crippen molar-refractivity contribution in [2.45, 2.75) is 71.9 Å². The Labute approximate surface area is 247 Å². The molecule has 11 nitrogen and oxygen atoms in total. The smallest absolute Gasteiger partial charge is 0.273 e. The third-order valence-corrected chi connectivity index (χ3v) is 8.19. The van der Waals surface area contributed by atoms with Gasteiger partial charge in [0.25, 0.3) is 12.1 Å². The molecule has 0 aromatic carbocycles. The van der Waals surface area contributed by atoms with Crippen LogP contribution in [0.1, 0.15) is 55.3 Å². The van der Waals surface area contributed by atoms with E-state index in [9.17, 15) is 10.0 Å². The van der Waals surface area contributed by atoms with Crippen LogP contribution in [0.5, 0.6) is 0 Å². The molecule has 11 heteroatoms. The Bertz CT molecular complexity index is 1530. The molecule has 0 unspecified atom stereocenters. The largest absolute Gasteiger partial charge is 0.371 e. The predicted octanol–water partition coefficient (Wildman–Crippen LogP) is 3.45. The molecule has 1 aliphatic heterocycles. The molecule has 4 aromatic heterocycles. The van der Waals surface area contributed by atoms with E-state index < -0.39 is 6.04 Å². The first-order valence-electron chi connectivity index (χ1n) is 15.1. The molecule has 3 N–H and O–H groups in total. The van der Waals surface area contributed by atoms with Gasteiger partial charge in [0.2, 0.25) is 5.65 Å². The van der Waals surface area contributed by atoms with Gasteiger partial charge in [-0.05, 0) is 83.2 Å². The molecule has 1 aliphatic rings. The second-order valence-corrected chi connectivity index (χ2v) is 11.5. The molecule has 0 saturated heterocycles. The number of unbranched alkanes of at least 4 members (excludes halogenated alkanes) is 1. The van der Waals surface area contributed by atoms with Crippen molar-refractivity contribution in [1.82, 2.24) is 29.2 Å². The van der Waals surface area contributed by atoms with Crippen molar-refractivity contribution >= 4 is 28.5 Å². The summed E-state index contributed by atoms with van der Waals surface area (Å²) in [5, 5.41) is 22.7. The summed E-state index contributed by atoms with van der Waals surface area (Å²) in [6.45, 7) is 10.0. The number of aryl methyl sites for hydroxylation is 5. The van der Waals surface area contributed by atoms with Gasteiger partial charge < -0.3 is 20.0 Å². The molecule has 0 saturated carbocycles. The van der Waals surface area contributed by atoms with E-state index in [0.29, 0.717) is 12.2 Å². The normalized spacial score (nSPS) is 13.7. The number of Topliss-reactive ketones (excluding diaryl/α,β-unsaturated/α-hetero) is 1. The maximum Gasteiger partial charge on any atom is 0.273 e. The minimum Gasteiger partial charge on any atom is -0.371 e. The second kappa shape index (κ2) is 13.3. The number of carbonyl (C=O) groups excluding carboxylic acids is 1. The van der Waals surface area contributed by atoms with Gasteiger partial charge in [-0.3, -0.25) is 14.8 Å².